The summed E-state index contributed by atoms with van der Waals surface area (Å²) in [5, 5.41) is 3.35. The molecule has 1 heterocycles. The van der Waals surface area contributed by atoms with Gasteiger partial charge in [-0.05, 0) is 41.8 Å². The van der Waals surface area contributed by atoms with Crippen LogP contribution in [-0.2, 0) is 11.2 Å². The summed E-state index contributed by atoms with van der Waals surface area (Å²) in [6.07, 6.45) is 4.02. The number of nitrogens with one attached hydrogen (secondary N) is 1. The highest BCUT2D eigenvalue weighted by Crippen LogP contribution is 2.40. The molecule has 1 aliphatic heterocycles. The minimum absolute atomic E-state index is 0.163. The number of hydrogen-bond donors (Lipinski definition) is 1. The first kappa shape index (κ1) is 15.4. The fourth-order valence-corrected chi connectivity index (χ4v) is 2.65. The van der Waals surface area contributed by atoms with Crippen LogP contribution in [0.2, 0.25) is 5.02 Å². The van der Waals surface area contributed by atoms with Gasteiger partial charge in [0.1, 0.15) is 0 Å². The number of para-hydroxylation sites is 1. The molecule has 0 atom stereocenters. The maximum Gasteiger partial charge on any atom is 0.248 e. The first-order valence-electron chi connectivity index (χ1n) is 7.33. The Morgan fingerprint density at radius 2 is 2.13 bits per heavy atom. The van der Waals surface area contributed by atoms with Crippen LogP contribution in [0.1, 0.15) is 18.1 Å². The van der Waals surface area contributed by atoms with Crippen LogP contribution in [0, 0.1) is 0 Å². The third-order valence-corrected chi connectivity index (χ3v) is 3.81. The molecule has 118 valence electrons. The second-order valence-corrected chi connectivity index (χ2v) is 5.48. The molecule has 23 heavy (non-hydrogen) atoms. The minimum Gasteiger partial charge on any atom is -0.454 e. The Bertz CT molecular complexity index is 771. The quantitative estimate of drug-likeness (QED) is 0.851. The summed E-state index contributed by atoms with van der Waals surface area (Å²) in [6, 6.07) is 11.3. The van der Waals surface area contributed by atoms with E-state index in [0.29, 0.717) is 16.5 Å². The molecule has 1 amide bonds. The molecule has 0 aromatic heterocycles. The van der Waals surface area contributed by atoms with Crippen LogP contribution < -0.4 is 14.8 Å². The highest BCUT2D eigenvalue weighted by atomic mass is 35.5. The van der Waals surface area contributed by atoms with Gasteiger partial charge in [-0.2, -0.15) is 0 Å². The van der Waals surface area contributed by atoms with E-state index in [1.54, 1.807) is 18.2 Å². The van der Waals surface area contributed by atoms with E-state index in [0.717, 1.165) is 23.2 Å². The van der Waals surface area contributed by atoms with Crippen LogP contribution >= 0.6 is 11.6 Å². The summed E-state index contributed by atoms with van der Waals surface area (Å²) >= 11 is 6.12. The van der Waals surface area contributed by atoms with Crippen LogP contribution in [0.25, 0.3) is 6.08 Å². The van der Waals surface area contributed by atoms with Crippen molar-refractivity contribution in [3.05, 3.63) is 58.6 Å². The summed E-state index contributed by atoms with van der Waals surface area (Å²) in [4.78, 5) is 12.1. The van der Waals surface area contributed by atoms with Crippen molar-refractivity contribution in [2.24, 2.45) is 0 Å². The summed E-state index contributed by atoms with van der Waals surface area (Å²) in [6.45, 7) is 2.21. The third kappa shape index (κ3) is 3.48. The van der Waals surface area contributed by atoms with Gasteiger partial charge in [-0.15, -0.1) is 0 Å². The van der Waals surface area contributed by atoms with Crippen LogP contribution in [-0.4, -0.2) is 12.7 Å². The normalized spacial score (nSPS) is 12.6. The highest BCUT2D eigenvalue weighted by Gasteiger charge is 2.17. The zero-order chi connectivity index (χ0) is 16.2. The molecule has 2 aromatic carbocycles. The first-order valence-corrected chi connectivity index (χ1v) is 7.71. The van der Waals surface area contributed by atoms with Crippen molar-refractivity contribution in [1.29, 1.82) is 0 Å². The summed E-state index contributed by atoms with van der Waals surface area (Å²) < 4.78 is 10.6. The van der Waals surface area contributed by atoms with Crippen molar-refractivity contribution in [1.82, 2.24) is 0 Å². The number of anilines is 1. The molecule has 4 nitrogen and oxygen atoms in total. The van der Waals surface area contributed by atoms with E-state index < -0.39 is 0 Å². The van der Waals surface area contributed by atoms with Gasteiger partial charge in [0.2, 0.25) is 12.7 Å². The fourth-order valence-electron chi connectivity index (χ4n) is 2.38. The molecular weight excluding hydrogens is 314 g/mol. The number of aryl methyl sites for hydroxylation is 1. The van der Waals surface area contributed by atoms with Gasteiger partial charge in [-0.3, -0.25) is 4.79 Å². The van der Waals surface area contributed by atoms with Gasteiger partial charge in [-0.1, -0.05) is 36.7 Å². The number of carbonyl (C=O) groups is 1. The number of benzene rings is 2. The third-order valence-electron chi connectivity index (χ3n) is 3.53. The molecule has 5 heteroatoms. The molecular formula is C18H16ClNO3. The molecule has 2 aromatic rings. The van der Waals surface area contributed by atoms with Crippen molar-refractivity contribution >= 4 is 29.3 Å². The first-order chi connectivity index (χ1) is 11.2. The van der Waals surface area contributed by atoms with Gasteiger partial charge in [0.05, 0.1) is 5.02 Å². The fraction of sp³-hybridized carbons (Fsp3) is 0.167. The predicted molar refractivity (Wildman–Crippen MR) is 91.1 cm³/mol. The Kier molecular flexibility index (Phi) is 4.53. The lowest BCUT2D eigenvalue weighted by Gasteiger charge is -2.07. The lowest BCUT2D eigenvalue weighted by Crippen LogP contribution is -2.09. The monoisotopic (exact) mass is 329 g/mol. The largest absolute Gasteiger partial charge is 0.454 e. The average molecular weight is 330 g/mol. The summed E-state index contributed by atoms with van der Waals surface area (Å²) in [5.74, 6) is 0.943. The summed E-state index contributed by atoms with van der Waals surface area (Å²) in [7, 11) is 0. The Morgan fingerprint density at radius 1 is 1.30 bits per heavy atom. The molecule has 0 fully saturated rings. The molecule has 0 radical (unpaired) electrons. The number of rotatable bonds is 4. The van der Waals surface area contributed by atoms with Crippen LogP contribution in [0.4, 0.5) is 5.69 Å². The van der Waals surface area contributed by atoms with Gasteiger partial charge in [0.15, 0.2) is 11.5 Å². The maximum absolute atomic E-state index is 12.1. The average Bonchev–Trinajstić information content (AvgIpc) is 3.02. The Hall–Kier alpha value is -2.46. The number of fused-ring (bicyclic) bond motifs is 1. The van der Waals surface area contributed by atoms with Crippen molar-refractivity contribution in [3.63, 3.8) is 0 Å². The molecule has 3 rings (SSSR count). The van der Waals surface area contributed by atoms with Gasteiger partial charge in [0.25, 0.3) is 0 Å². The van der Waals surface area contributed by atoms with E-state index in [9.17, 15) is 4.79 Å². The number of ether oxygens (including phenoxy) is 2. The van der Waals surface area contributed by atoms with Crippen LogP contribution in [0.3, 0.4) is 0 Å². The molecule has 0 bridgehead atoms. The molecule has 0 unspecified atom stereocenters. The van der Waals surface area contributed by atoms with Crippen molar-refractivity contribution in [2.45, 2.75) is 13.3 Å². The number of amides is 1. The number of halogens is 1. The Balaban J connectivity index is 1.73. The molecule has 1 N–H and O–H groups in total. The van der Waals surface area contributed by atoms with Crippen molar-refractivity contribution in [2.75, 3.05) is 12.1 Å². The van der Waals surface area contributed by atoms with Gasteiger partial charge < -0.3 is 14.8 Å². The van der Waals surface area contributed by atoms with E-state index in [-0.39, 0.29) is 12.7 Å². The molecule has 1 aliphatic rings. The minimum atomic E-state index is -0.195. The standard InChI is InChI=1S/C18H16ClNO3/c1-2-13-5-3-4-6-15(13)20-17(21)8-7-12-9-14(19)18-16(10-12)22-11-23-18/h3-10H,2,11H2,1H3,(H,20,21)/b8-7+. The predicted octanol–water partition coefficient (Wildman–Crippen LogP) is 4.28. The van der Waals surface area contributed by atoms with E-state index in [1.807, 2.05) is 24.3 Å². The Morgan fingerprint density at radius 3 is 2.96 bits per heavy atom. The van der Waals surface area contributed by atoms with Crippen molar-refractivity contribution in [3.8, 4) is 11.5 Å². The lowest BCUT2D eigenvalue weighted by molar-refractivity contribution is -0.111. The Labute approximate surface area is 139 Å². The zero-order valence-electron chi connectivity index (χ0n) is 12.6. The van der Waals surface area contributed by atoms with Gasteiger partial charge >= 0.3 is 0 Å². The summed E-state index contributed by atoms with van der Waals surface area (Å²) in [5.41, 5.74) is 2.70. The van der Waals surface area contributed by atoms with E-state index >= 15 is 0 Å². The van der Waals surface area contributed by atoms with Gasteiger partial charge in [-0.25, -0.2) is 0 Å². The number of carbonyl (C=O) groups excluding carboxylic acids is 1. The number of hydrogen-bond acceptors (Lipinski definition) is 3. The maximum atomic E-state index is 12.1. The van der Waals surface area contributed by atoms with E-state index in [4.69, 9.17) is 21.1 Å². The van der Waals surface area contributed by atoms with E-state index in [1.165, 1.54) is 6.08 Å². The zero-order valence-corrected chi connectivity index (χ0v) is 13.4. The van der Waals surface area contributed by atoms with Crippen LogP contribution in [0.15, 0.2) is 42.5 Å². The lowest BCUT2D eigenvalue weighted by atomic mass is 10.1. The highest BCUT2D eigenvalue weighted by molar-refractivity contribution is 6.32. The SMILES string of the molecule is CCc1ccccc1NC(=O)/C=C/c1cc(Cl)c2c(c1)OCO2. The van der Waals surface area contributed by atoms with Crippen LogP contribution in [0.5, 0.6) is 11.5 Å². The smallest absolute Gasteiger partial charge is 0.248 e. The van der Waals surface area contributed by atoms with Crippen molar-refractivity contribution < 1.29 is 14.3 Å². The van der Waals surface area contributed by atoms with Gasteiger partial charge in [0, 0.05) is 11.8 Å². The molecule has 0 saturated heterocycles. The second kappa shape index (κ2) is 6.75. The molecule has 0 aliphatic carbocycles. The van der Waals surface area contributed by atoms with E-state index in [2.05, 4.69) is 12.2 Å². The topological polar surface area (TPSA) is 47.6 Å². The molecule has 0 spiro atoms. The second-order valence-electron chi connectivity index (χ2n) is 5.07. The molecule has 0 saturated carbocycles.